The molecule has 1 aliphatic heterocycles. The number of rotatable bonds is 4. The lowest BCUT2D eigenvalue weighted by atomic mass is 10.1. The molecule has 0 amide bonds. The van der Waals surface area contributed by atoms with E-state index in [9.17, 15) is 4.79 Å². The Bertz CT molecular complexity index is 770. The van der Waals surface area contributed by atoms with Crippen LogP contribution in [0.3, 0.4) is 0 Å². The van der Waals surface area contributed by atoms with Crippen LogP contribution in [0.5, 0.6) is 11.5 Å². The molecule has 3 rings (SSSR count). The summed E-state index contributed by atoms with van der Waals surface area (Å²) in [7, 11) is 3.05. The van der Waals surface area contributed by atoms with E-state index in [-0.39, 0.29) is 0 Å². The summed E-state index contributed by atoms with van der Waals surface area (Å²) >= 11 is 0. The molecule has 5 nitrogen and oxygen atoms in total. The van der Waals surface area contributed by atoms with Crippen LogP contribution >= 0.6 is 0 Å². The van der Waals surface area contributed by atoms with E-state index in [1.54, 1.807) is 6.07 Å². The highest BCUT2D eigenvalue weighted by Gasteiger charge is 2.36. The molecule has 0 radical (unpaired) electrons. The monoisotopic (exact) mass is 313 g/mol. The molecule has 0 spiro atoms. The molecule has 120 valence electrons. The van der Waals surface area contributed by atoms with Crippen LogP contribution in [0.2, 0.25) is 0 Å². The Kier molecular flexibility index (Phi) is 3.86. The second kappa shape index (κ2) is 5.83. The maximum atomic E-state index is 12.3. The van der Waals surface area contributed by atoms with E-state index in [1.807, 2.05) is 38.1 Å². The van der Waals surface area contributed by atoms with E-state index in [0.717, 1.165) is 22.4 Å². The van der Waals surface area contributed by atoms with Gasteiger partial charge in [0.15, 0.2) is 11.5 Å². The summed E-state index contributed by atoms with van der Waals surface area (Å²) < 4.78 is 16.1. The predicted octanol–water partition coefficient (Wildman–Crippen LogP) is 3.60. The molecule has 0 aromatic heterocycles. The number of hydrogen-bond acceptors (Lipinski definition) is 5. The smallest absolute Gasteiger partial charge is 0.344 e. The number of carbonyl (C=O) groups is 1. The fourth-order valence-electron chi connectivity index (χ4n) is 2.74. The average Bonchev–Trinajstić information content (AvgIpc) is 2.86. The van der Waals surface area contributed by atoms with Crippen LogP contribution in [-0.2, 0) is 4.74 Å². The minimum absolute atomic E-state index is 0.403. The SMILES string of the molecule is COc1ccc2c(c1OC)C(=O)OC2Nc1cc(C)ccc1C. The van der Waals surface area contributed by atoms with Crippen molar-refractivity contribution in [2.24, 2.45) is 0 Å². The van der Waals surface area contributed by atoms with E-state index >= 15 is 0 Å². The number of anilines is 1. The van der Waals surface area contributed by atoms with Gasteiger partial charge in [0, 0.05) is 11.3 Å². The van der Waals surface area contributed by atoms with Gasteiger partial charge in [-0.1, -0.05) is 12.1 Å². The topological polar surface area (TPSA) is 56.8 Å². The summed E-state index contributed by atoms with van der Waals surface area (Å²) in [6.45, 7) is 4.03. The van der Waals surface area contributed by atoms with Gasteiger partial charge in [-0.15, -0.1) is 0 Å². The Hall–Kier alpha value is -2.69. The Morgan fingerprint density at radius 3 is 2.57 bits per heavy atom. The normalized spacial score (nSPS) is 15.8. The van der Waals surface area contributed by atoms with E-state index in [4.69, 9.17) is 14.2 Å². The number of esters is 1. The molecule has 1 aliphatic rings. The summed E-state index contributed by atoms with van der Waals surface area (Å²) in [5.74, 6) is 0.495. The van der Waals surface area contributed by atoms with Gasteiger partial charge in [0.25, 0.3) is 0 Å². The molecule has 0 saturated carbocycles. The minimum Gasteiger partial charge on any atom is -0.493 e. The third-order valence-electron chi connectivity index (χ3n) is 3.97. The van der Waals surface area contributed by atoms with Crippen molar-refractivity contribution in [3.63, 3.8) is 0 Å². The molecule has 0 saturated heterocycles. The number of aryl methyl sites for hydroxylation is 2. The van der Waals surface area contributed by atoms with Crippen molar-refractivity contribution in [2.45, 2.75) is 20.1 Å². The maximum absolute atomic E-state index is 12.3. The van der Waals surface area contributed by atoms with Crippen molar-refractivity contribution in [1.29, 1.82) is 0 Å². The number of nitrogens with one attached hydrogen (secondary N) is 1. The van der Waals surface area contributed by atoms with Crippen LogP contribution in [-0.4, -0.2) is 20.2 Å². The van der Waals surface area contributed by atoms with Gasteiger partial charge in [0.2, 0.25) is 6.23 Å². The molecular weight excluding hydrogens is 294 g/mol. The lowest BCUT2D eigenvalue weighted by Gasteiger charge is -2.17. The molecule has 23 heavy (non-hydrogen) atoms. The van der Waals surface area contributed by atoms with Crippen molar-refractivity contribution in [3.05, 3.63) is 52.6 Å². The molecular formula is C18H19NO4. The lowest BCUT2D eigenvalue weighted by molar-refractivity contribution is 0.0435. The number of benzene rings is 2. The maximum Gasteiger partial charge on any atom is 0.344 e. The van der Waals surface area contributed by atoms with Gasteiger partial charge < -0.3 is 19.5 Å². The van der Waals surface area contributed by atoms with Gasteiger partial charge >= 0.3 is 5.97 Å². The van der Waals surface area contributed by atoms with Gasteiger partial charge in [-0.3, -0.25) is 0 Å². The fourth-order valence-corrected chi connectivity index (χ4v) is 2.74. The fraction of sp³-hybridized carbons (Fsp3) is 0.278. The first-order valence-corrected chi connectivity index (χ1v) is 7.34. The molecule has 1 heterocycles. The average molecular weight is 313 g/mol. The Labute approximate surface area is 135 Å². The van der Waals surface area contributed by atoms with Crippen molar-refractivity contribution in [3.8, 4) is 11.5 Å². The lowest BCUT2D eigenvalue weighted by Crippen LogP contribution is -2.11. The molecule has 0 aliphatic carbocycles. The quantitative estimate of drug-likeness (QED) is 0.874. The molecule has 1 unspecified atom stereocenters. The van der Waals surface area contributed by atoms with Crippen molar-refractivity contribution in [2.75, 3.05) is 19.5 Å². The molecule has 5 heteroatoms. The van der Waals surface area contributed by atoms with E-state index in [2.05, 4.69) is 5.32 Å². The largest absolute Gasteiger partial charge is 0.493 e. The predicted molar refractivity (Wildman–Crippen MR) is 87.2 cm³/mol. The molecule has 0 bridgehead atoms. The summed E-state index contributed by atoms with van der Waals surface area (Å²) in [4.78, 5) is 12.3. The first kappa shape index (κ1) is 15.2. The van der Waals surface area contributed by atoms with Crippen LogP contribution < -0.4 is 14.8 Å². The zero-order valence-electron chi connectivity index (χ0n) is 13.6. The minimum atomic E-state index is -0.544. The standard InChI is InChI=1S/C18H19NO4/c1-10-5-6-11(2)13(9-10)19-17-12-7-8-14(21-3)16(22-4)15(12)18(20)23-17/h5-9,17,19H,1-4H3. The highest BCUT2D eigenvalue weighted by atomic mass is 16.6. The summed E-state index contributed by atoms with van der Waals surface area (Å²) in [5.41, 5.74) is 4.31. The Morgan fingerprint density at radius 1 is 1.09 bits per heavy atom. The van der Waals surface area contributed by atoms with Gasteiger partial charge in [-0.2, -0.15) is 0 Å². The number of carbonyl (C=O) groups excluding carboxylic acids is 1. The van der Waals surface area contributed by atoms with Gasteiger partial charge in [0.1, 0.15) is 5.56 Å². The van der Waals surface area contributed by atoms with E-state index in [0.29, 0.717) is 17.1 Å². The molecule has 2 aromatic rings. The second-order valence-electron chi connectivity index (χ2n) is 5.51. The first-order valence-electron chi connectivity index (χ1n) is 7.34. The number of methoxy groups -OCH3 is 2. The van der Waals surface area contributed by atoms with E-state index < -0.39 is 12.2 Å². The molecule has 1 N–H and O–H groups in total. The van der Waals surface area contributed by atoms with E-state index in [1.165, 1.54) is 14.2 Å². The van der Waals surface area contributed by atoms with Crippen molar-refractivity contribution < 1.29 is 19.0 Å². The number of fused-ring (bicyclic) bond motifs is 1. The van der Waals surface area contributed by atoms with Crippen molar-refractivity contribution >= 4 is 11.7 Å². The van der Waals surface area contributed by atoms with Crippen LogP contribution in [0.25, 0.3) is 0 Å². The second-order valence-corrected chi connectivity index (χ2v) is 5.51. The van der Waals surface area contributed by atoms with Crippen LogP contribution in [0.15, 0.2) is 30.3 Å². The molecule has 2 aromatic carbocycles. The Balaban J connectivity index is 2.00. The number of hydrogen-bond donors (Lipinski definition) is 1. The zero-order valence-corrected chi connectivity index (χ0v) is 13.6. The highest BCUT2D eigenvalue weighted by molar-refractivity contribution is 5.98. The van der Waals surface area contributed by atoms with Crippen molar-refractivity contribution in [1.82, 2.24) is 0 Å². The van der Waals surface area contributed by atoms with Gasteiger partial charge in [-0.25, -0.2) is 4.79 Å². The number of cyclic esters (lactones) is 1. The summed E-state index contributed by atoms with van der Waals surface area (Å²) in [6, 6.07) is 9.71. The number of ether oxygens (including phenoxy) is 3. The molecule has 0 fully saturated rings. The molecule has 1 atom stereocenters. The van der Waals surface area contributed by atoms with Gasteiger partial charge in [0.05, 0.1) is 14.2 Å². The first-order chi connectivity index (χ1) is 11.0. The van der Waals surface area contributed by atoms with Gasteiger partial charge in [-0.05, 0) is 43.2 Å². The van der Waals surface area contributed by atoms with Crippen LogP contribution in [0.4, 0.5) is 5.69 Å². The third-order valence-corrected chi connectivity index (χ3v) is 3.97. The highest BCUT2D eigenvalue weighted by Crippen LogP contribution is 2.42. The zero-order chi connectivity index (χ0) is 16.6. The third kappa shape index (κ3) is 2.59. The van der Waals surface area contributed by atoms with Crippen LogP contribution in [0.1, 0.15) is 33.3 Å². The summed E-state index contributed by atoms with van der Waals surface area (Å²) in [6.07, 6.45) is -0.544. The summed E-state index contributed by atoms with van der Waals surface area (Å²) in [5, 5.41) is 3.29. The van der Waals surface area contributed by atoms with Crippen LogP contribution in [0, 0.1) is 13.8 Å². The Morgan fingerprint density at radius 2 is 1.87 bits per heavy atom.